The molecule has 9 heteroatoms. The van der Waals surface area contributed by atoms with Crippen molar-refractivity contribution in [2.24, 2.45) is 0 Å². The van der Waals surface area contributed by atoms with E-state index >= 15 is 0 Å². The Morgan fingerprint density at radius 1 is 1.11 bits per heavy atom. The van der Waals surface area contributed by atoms with Gasteiger partial charge in [0.1, 0.15) is 0 Å². The van der Waals surface area contributed by atoms with Crippen LogP contribution in [0.5, 0.6) is 5.88 Å². The lowest BCUT2D eigenvalue weighted by atomic mass is 10.1. The van der Waals surface area contributed by atoms with Crippen LogP contribution in [0.2, 0.25) is 0 Å². The predicted octanol–water partition coefficient (Wildman–Crippen LogP) is 4.16. The fourth-order valence-electron chi connectivity index (χ4n) is 2.30. The summed E-state index contributed by atoms with van der Waals surface area (Å²) in [5.41, 5.74) is 1.22. The number of halogens is 4. The number of hydrogen-bond acceptors (Lipinski definition) is 4. The summed E-state index contributed by atoms with van der Waals surface area (Å²) in [6.07, 6.45) is -1.04. The van der Waals surface area contributed by atoms with Gasteiger partial charge in [-0.1, -0.05) is 12.1 Å². The van der Waals surface area contributed by atoms with Gasteiger partial charge in [-0.2, -0.15) is 8.78 Å². The Morgan fingerprint density at radius 2 is 1.93 bits per heavy atom. The number of hydrogen-bond donors (Lipinski definition) is 1. The zero-order valence-corrected chi connectivity index (χ0v) is 13.7. The molecule has 3 rings (SSSR count). The van der Waals surface area contributed by atoms with Crippen molar-refractivity contribution in [3.05, 3.63) is 60.4 Å². The number of carbonyl (C=O) groups is 1. The normalized spacial score (nSPS) is 11.6. The molecule has 2 heterocycles. The summed E-state index contributed by atoms with van der Waals surface area (Å²) < 4.78 is 54.8. The van der Waals surface area contributed by atoms with E-state index in [1.165, 1.54) is 18.3 Å². The van der Waals surface area contributed by atoms with Crippen molar-refractivity contribution >= 4 is 22.5 Å². The molecule has 5 nitrogen and oxygen atoms in total. The fourth-order valence-corrected chi connectivity index (χ4v) is 2.30. The van der Waals surface area contributed by atoms with E-state index in [2.05, 4.69) is 20.0 Å². The third-order valence-electron chi connectivity index (χ3n) is 3.61. The van der Waals surface area contributed by atoms with Crippen molar-refractivity contribution in [1.82, 2.24) is 9.97 Å². The Morgan fingerprint density at radius 3 is 2.70 bits per heavy atom. The molecule has 0 aliphatic rings. The largest absolute Gasteiger partial charge is 0.471 e. The maximum atomic E-state index is 12.9. The van der Waals surface area contributed by atoms with Crippen LogP contribution in [0, 0.1) is 0 Å². The minimum atomic E-state index is -4.29. The molecule has 27 heavy (non-hydrogen) atoms. The molecule has 140 valence electrons. The molecule has 0 spiro atoms. The summed E-state index contributed by atoms with van der Waals surface area (Å²) in [5, 5.41) is 3.23. The Hall–Kier alpha value is -3.23. The lowest BCUT2D eigenvalue weighted by Crippen LogP contribution is -2.33. The zero-order chi connectivity index (χ0) is 19.4. The summed E-state index contributed by atoms with van der Waals surface area (Å²) in [6.45, 7) is -1.52. The highest BCUT2D eigenvalue weighted by atomic mass is 19.3. The topological polar surface area (TPSA) is 64.1 Å². The highest BCUT2D eigenvalue weighted by Crippen LogP contribution is 2.25. The molecular weight excluding hydrogens is 366 g/mol. The van der Waals surface area contributed by atoms with Gasteiger partial charge in [0.2, 0.25) is 5.88 Å². The number of pyridine rings is 2. The Labute approximate surface area is 151 Å². The van der Waals surface area contributed by atoms with Crippen molar-refractivity contribution in [2.45, 2.75) is 12.3 Å². The van der Waals surface area contributed by atoms with Crippen LogP contribution in [0.15, 0.2) is 54.9 Å². The van der Waals surface area contributed by atoms with Crippen LogP contribution < -0.4 is 10.1 Å². The van der Waals surface area contributed by atoms with E-state index in [0.29, 0.717) is 16.5 Å². The second-order valence-corrected chi connectivity index (χ2v) is 5.56. The van der Waals surface area contributed by atoms with Crippen LogP contribution in [-0.2, 0) is 0 Å². The number of nitrogens with zero attached hydrogens (tertiary/aromatic N) is 2. The summed E-state index contributed by atoms with van der Waals surface area (Å²) >= 11 is 0. The van der Waals surface area contributed by atoms with Gasteiger partial charge < -0.3 is 10.1 Å². The predicted molar refractivity (Wildman–Crippen MR) is 90.4 cm³/mol. The van der Waals surface area contributed by atoms with Crippen molar-refractivity contribution in [1.29, 1.82) is 0 Å². The van der Waals surface area contributed by atoms with Crippen molar-refractivity contribution in [3.63, 3.8) is 0 Å². The SMILES string of the molecule is O=C(Nc1ccnc(OCC(F)(F)C(F)F)c1)c1cccc2ncccc12. The molecule has 0 saturated carbocycles. The van der Waals surface area contributed by atoms with E-state index in [-0.39, 0.29) is 11.6 Å². The smallest absolute Gasteiger partial charge is 0.340 e. The second-order valence-electron chi connectivity index (χ2n) is 5.56. The first-order valence-corrected chi connectivity index (χ1v) is 7.77. The van der Waals surface area contributed by atoms with Crippen molar-refractivity contribution in [2.75, 3.05) is 11.9 Å². The highest BCUT2D eigenvalue weighted by Gasteiger charge is 2.41. The first kappa shape index (κ1) is 18.6. The van der Waals surface area contributed by atoms with Gasteiger partial charge in [-0.25, -0.2) is 13.8 Å². The third-order valence-corrected chi connectivity index (χ3v) is 3.61. The van der Waals surface area contributed by atoms with Crippen LogP contribution >= 0.6 is 0 Å². The molecule has 1 amide bonds. The van der Waals surface area contributed by atoms with E-state index in [4.69, 9.17) is 0 Å². The van der Waals surface area contributed by atoms with Gasteiger partial charge in [-0.05, 0) is 24.3 Å². The maximum Gasteiger partial charge on any atom is 0.340 e. The zero-order valence-electron chi connectivity index (χ0n) is 13.7. The van der Waals surface area contributed by atoms with Gasteiger partial charge in [0.05, 0.1) is 5.52 Å². The van der Waals surface area contributed by atoms with Crippen LogP contribution in [0.4, 0.5) is 23.2 Å². The van der Waals surface area contributed by atoms with Gasteiger partial charge in [0.25, 0.3) is 5.91 Å². The van der Waals surface area contributed by atoms with Crippen LogP contribution in [-0.4, -0.2) is 34.8 Å². The van der Waals surface area contributed by atoms with Gasteiger partial charge in [-0.15, -0.1) is 0 Å². The van der Waals surface area contributed by atoms with Gasteiger partial charge in [0, 0.05) is 35.1 Å². The van der Waals surface area contributed by atoms with Gasteiger partial charge in [-0.3, -0.25) is 9.78 Å². The van der Waals surface area contributed by atoms with Crippen LogP contribution in [0.1, 0.15) is 10.4 Å². The summed E-state index contributed by atoms with van der Waals surface area (Å²) in [5.74, 6) is -5.06. The summed E-state index contributed by atoms with van der Waals surface area (Å²) in [7, 11) is 0. The van der Waals surface area contributed by atoms with Crippen LogP contribution in [0.25, 0.3) is 10.9 Å². The van der Waals surface area contributed by atoms with E-state index in [1.807, 2.05) is 0 Å². The molecule has 1 aromatic carbocycles. The lowest BCUT2D eigenvalue weighted by molar-refractivity contribution is -0.148. The molecule has 0 aliphatic carbocycles. The number of rotatable bonds is 6. The molecule has 1 N–H and O–H groups in total. The monoisotopic (exact) mass is 379 g/mol. The minimum absolute atomic E-state index is 0.214. The molecule has 0 aliphatic heterocycles. The van der Waals surface area contributed by atoms with Crippen molar-refractivity contribution in [3.8, 4) is 5.88 Å². The standard InChI is InChI=1S/C18H13F4N3O2/c19-17(20)18(21,22)10-27-15-9-11(6-8-24-15)25-16(26)13-3-1-5-14-12(13)4-2-7-23-14/h1-9,17H,10H2,(H,24,25,26). The first-order chi connectivity index (χ1) is 12.9. The number of anilines is 1. The summed E-state index contributed by atoms with van der Waals surface area (Å²) in [6, 6.07) is 11.1. The molecule has 3 aromatic rings. The molecule has 0 fully saturated rings. The third kappa shape index (κ3) is 4.30. The number of fused-ring (bicyclic) bond motifs is 1. The second kappa shape index (κ2) is 7.56. The molecule has 0 saturated heterocycles. The Kier molecular flexibility index (Phi) is 5.20. The number of benzene rings is 1. The van der Waals surface area contributed by atoms with Crippen molar-refractivity contribution < 1.29 is 27.1 Å². The number of amides is 1. The number of aromatic nitrogens is 2. The van der Waals surface area contributed by atoms with E-state index < -0.39 is 24.9 Å². The molecule has 0 bridgehead atoms. The molecule has 0 unspecified atom stereocenters. The first-order valence-electron chi connectivity index (χ1n) is 7.77. The average molecular weight is 379 g/mol. The quantitative estimate of drug-likeness (QED) is 0.653. The highest BCUT2D eigenvalue weighted by molar-refractivity contribution is 6.12. The summed E-state index contributed by atoms with van der Waals surface area (Å²) in [4.78, 5) is 20.4. The lowest BCUT2D eigenvalue weighted by Gasteiger charge is -2.15. The average Bonchev–Trinajstić information content (AvgIpc) is 2.66. The maximum absolute atomic E-state index is 12.9. The minimum Gasteiger partial charge on any atom is -0.471 e. The molecule has 2 aromatic heterocycles. The number of nitrogens with one attached hydrogen (secondary N) is 1. The number of carbonyl (C=O) groups excluding carboxylic acids is 1. The number of alkyl halides is 4. The van der Waals surface area contributed by atoms with E-state index in [1.54, 1.807) is 36.5 Å². The molecule has 0 atom stereocenters. The Bertz CT molecular complexity index is 961. The van der Waals surface area contributed by atoms with Gasteiger partial charge in [0.15, 0.2) is 6.61 Å². The molecule has 0 radical (unpaired) electrons. The van der Waals surface area contributed by atoms with Gasteiger partial charge >= 0.3 is 12.3 Å². The van der Waals surface area contributed by atoms with E-state index in [0.717, 1.165) is 0 Å². The number of ether oxygens (including phenoxy) is 1. The van der Waals surface area contributed by atoms with E-state index in [9.17, 15) is 22.4 Å². The fraction of sp³-hybridized carbons (Fsp3) is 0.167. The molecular formula is C18H13F4N3O2. The van der Waals surface area contributed by atoms with Crippen LogP contribution in [0.3, 0.4) is 0 Å². The Balaban J connectivity index is 1.75.